The van der Waals surface area contributed by atoms with Crippen molar-refractivity contribution in [2.45, 2.75) is 85.0 Å². The van der Waals surface area contributed by atoms with Crippen molar-refractivity contribution in [2.24, 2.45) is 5.73 Å². The Labute approximate surface area is 329 Å². The van der Waals surface area contributed by atoms with Crippen molar-refractivity contribution < 1.29 is 63.4 Å². The second-order valence-electron chi connectivity index (χ2n) is 13.5. The summed E-state index contributed by atoms with van der Waals surface area (Å²) in [7, 11) is 0. The molecule has 2 aromatic carbocycles. The van der Waals surface area contributed by atoms with Gasteiger partial charge in [0.15, 0.2) is 23.0 Å². The Balaban J connectivity index is 0.000000326. The van der Waals surface area contributed by atoms with Gasteiger partial charge in [-0.25, -0.2) is 13.2 Å². The molecule has 5 aromatic rings. The van der Waals surface area contributed by atoms with Gasteiger partial charge in [-0.1, -0.05) is 19.6 Å². The summed E-state index contributed by atoms with van der Waals surface area (Å²) in [5.74, 6) is -5.13. The minimum absolute atomic E-state index is 0. The SMILES string of the molecule is C.CC(=O)Cn1nc(C(F)(F)F)c2c1COC2.NC(=O)c1cc(-c2cccnc2[C@@H](CC(=O)Cn2nc(C(F)(F)F)c3c2COC3)Cc2cc(F)cc(F)c2)ccc1F. The molecule has 3 aromatic heterocycles. The first kappa shape index (κ1) is 44.2. The molecule has 5 heterocycles. The highest BCUT2D eigenvalue weighted by atomic mass is 19.4. The molecule has 1 atom stereocenters. The van der Waals surface area contributed by atoms with Crippen LogP contribution in [0.1, 0.15) is 82.2 Å². The lowest BCUT2D eigenvalue weighted by atomic mass is 9.86. The van der Waals surface area contributed by atoms with Crippen LogP contribution in [0.3, 0.4) is 0 Å². The van der Waals surface area contributed by atoms with Crippen molar-refractivity contribution in [2.75, 3.05) is 0 Å². The maximum Gasteiger partial charge on any atom is 0.435 e. The Morgan fingerprint density at radius 1 is 0.797 bits per heavy atom. The fraction of sp³-hybridized carbons (Fsp3) is 0.333. The number of nitrogens with zero attached hydrogens (tertiary/aromatic N) is 5. The van der Waals surface area contributed by atoms with Crippen LogP contribution < -0.4 is 5.73 Å². The Morgan fingerprint density at radius 2 is 1.36 bits per heavy atom. The van der Waals surface area contributed by atoms with Crippen LogP contribution >= 0.6 is 0 Å². The van der Waals surface area contributed by atoms with Gasteiger partial charge in [-0.2, -0.15) is 36.5 Å². The van der Waals surface area contributed by atoms with E-state index in [-0.39, 0.29) is 92.7 Å². The lowest BCUT2D eigenvalue weighted by molar-refractivity contribution is -0.143. The van der Waals surface area contributed by atoms with Gasteiger partial charge in [-0.15, -0.1) is 0 Å². The normalized spacial score (nSPS) is 13.9. The number of aromatic nitrogens is 5. The lowest BCUT2D eigenvalue weighted by Gasteiger charge is -2.20. The van der Waals surface area contributed by atoms with E-state index in [1.165, 1.54) is 25.3 Å². The average molecular weight is 839 g/mol. The first-order chi connectivity index (χ1) is 27.3. The van der Waals surface area contributed by atoms with Crippen molar-refractivity contribution in [3.63, 3.8) is 0 Å². The minimum Gasteiger partial charge on any atom is -0.370 e. The number of benzene rings is 2. The standard InChI is InChI=1S/C29H22F6N4O3.C9H9F3N2O2.CH4/c30-18-7-15(8-19(31)11-18)6-17(9-20(40)12-39-25-14-42-13-23(25)27(38-39)29(33,34)35)26-21(2-1-5-37-26)16-3-4-24(32)22(10-16)28(36)41;1-5(15)2-14-7-4-16-3-6(7)8(13-14)9(10,11)12;/h1-5,7-8,10-11,17H,6,9,12-14H2,(H2,36,41);2-4H2,1H3;1H4/t17-;;/m1../s1. The summed E-state index contributed by atoms with van der Waals surface area (Å²) in [6.07, 6.45) is -8.20. The number of carbonyl (C=O) groups excluding carboxylic acids is 3. The zero-order chi connectivity index (χ0) is 42.1. The number of pyridine rings is 1. The van der Waals surface area contributed by atoms with E-state index in [4.69, 9.17) is 15.2 Å². The van der Waals surface area contributed by atoms with Gasteiger partial charge < -0.3 is 15.2 Å². The Hall–Kier alpha value is -5.89. The topological polar surface area (TPSA) is 144 Å². The quantitative estimate of drug-likeness (QED) is 0.134. The smallest absolute Gasteiger partial charge is 0.370 e. The molecule has 0 fully saturated rings. The summed E-state index contributed by atoms with van der Waals surface area (Å²) in [4.78, 5) is 40.4. The number of nitrogens with two attached hydrogens (primary N) is 1. The summed E-state index contributed by atoms with van der Waals surface area (Å²) >= 11 is 0. The monoisotopic (exact) mass is 838 g/mol. The molecule has 20 heteroatoms. The van der Waals surface area contributed by atoms with Crippen molar-refractivity contribution in [3.8, 4) is 11.1 Å². The molecule has 0 saturated carbocycles. The molecule has 59 heavy (non-hydrogen) atoms. The number of alkyl halides is 6. The number of ether oxygens (including phenoxy) is 2. The highest BCUT2D eigenvalue weighted by molar-refractivity contribution is 5.94. The molecule has 314 valence electrons. The largest absolute Gasteiger partial charge is 0.435 e. The number of Topliss-reactive ketones (excluding diaryl/α,β-unsaturated/α-hetero) is 2. The fourth-order valence-electron chi connectivity index (χ4n) is 6.78. The van der Waals surface area contributed by atoms with E-state index in [0.29, 0.717) is 22.9 Å². The van der Waals surface area contributed by atoms with E-state index in [2.05, 4.69) is 15.2 Å². The molecule has 2 aliphatic rings. The highest BCUT2D eigenvalue weighted by Gasteiger charge is 2.42. The second kappa shape index (κ2) is 17.5. The van der Waals surface area contributed by atoms with Crippen molar-refractivity contribution in [3.05, 3.63) is 123 Å². The second-order valence-corrected chi connectivity index (χ2v) is 13.5. The van der Waals surface area contributed by atoms with E-state index in [1.54, 1.807) is 12.1 Å². The molecule has 0 unspecified atom stereocenters. The maximum absolute atomic E-state index is 14.2. The molecule has 1 amide bonds. The zero-order valence-corrected chi connectivity index (χ0v) is 30.2. The molecule has 2 aliphatic heterocycles. The molecule has 0 saturated heterocycles. The van der Waals surface area contributed by atoms with Crippen LogP contribution in [0.25, 0.3) is 11.1 Å². The van der Waals surface area contributed by atoms with Gasteiger partial charge >= 0.3 is 12.4 Å². The summed E-state index contributed by atoms with van der Waals surface area (Å²) in [6, 6.07) is 9.72. The van der Waals surface area contributed by atoms with Crippen LogP contribution in [0, 0.1) is 17.5 Å². The molecule has 0 bridgehead atoms. The first-order valence-electron chi connectivity index (χ1n) is 17.3. The van der Waals surface area contributed by atoms with Gasteiger partial charge in [0.1, 0.15) is 17.5 Å². The number of carbonyl (C=O) groups is 3. The minimum atomic E-state index is -4.74. The number of rotatable bonds is 11. The van der Waals surface area contributed by atoms with Gasteiger partial charge in [0.05, 0.1) is 62.2 Å². The van der Waals surface area contributed by atoms with Crippen LogP contribution in [0.2, 0.25) is 0 Å². The van der Waals surface area contributed by atoms with Crippen LogP contribution in [0.4, 0.5) is 39.5 Å². The number of amides is 1. The predicted octanol–water partition coefficient (Wildman–Crippen LogP) is 7.65. The van der Waals surface area contributed by atoms with Crippen molar-refractivity contribution in [1.82, 2.24) is 24.5 Å². The molecule has 2 N–H and O–H groups in total. The van der Waals surface area contributed by atoms with Crippen LogP contribution in [0.5, 0.6) is 0 Å². The third kappa shape index (κ3) is 10.0. The summed E-state index contributed by atoms with van der Waals surface area (Å²) in [5, 5.41) is 7.06. The average Bonchev–Trinajstić information content (AvgIpc) is 3.92. The number of ketones is 2. The Morgan fingerprint density at radius 3 is 1.88 bits per heavy atom. The van der Waals surface area contributed by atoms with Crippen molar-refractivity contribution >= 4 is 17.5 Å². The van der Waals surface area contributed by atoms with Gasteiger partial charge in [0, 0.05) is 41.3 Å². The molecule has 11 nitrogen and oxygen atoms in total. The third-order valence-electron chi connectivity index (χ3n) is 9.19. The van der Waals surface area contributed by atoms with E-state index in [0.717, 1.165) is 27.6 Å². The summed E-state index contributed by atoms with van der Waals surface area (Å²) in [6.45, 7) is 0.191. The van der Waals surface area contributed by atoms with Crippen LogP contribution in [-0.4, -0.2) is 42.0 Å². The molecule has 0 radical (unpaired) electrons. The highest BCUT2D eigenvalue weighted by Crippen LogP contribution is 2.38. The number of hydrogen-bond acceptors (Lipinski definition) is 8. The van der Waals surface area contributed by atoms with Gasteiger partial charge in [0.25, 0.3) is 5.91 Å². The molecule has 0 spiro atoms. The molecular formula is C39H35F9N6O5. The first-order valence-corrected chi connectivity index (χ1v) is 17.3. The van der Waals surface area contributed by atoms with E-state index in [1.807, 2.05) is 0 Å². The lowest BCUT2D eigenvalue weighted by Crippen LogP contribution is -2.19. The zero-order valence-electron chi connectivity index (χ0n) is 30.2. The summed E-state index contributed by atoms with van der Waals surface area (Å²) in [5.41, 5.74) is 4.48. The third-order valence-corrected chi connectivity index (χ3v) is 9.19. The van der Waals surface area contributed by atoms with Gasteiger partial charge in [-0.05, 0) is 54.8 Å². The summed E-state index contributed by atoms with van der Waals surface area (Å²) < 4.78 is 133. The number of hydrogen-bond donors (Lipinski definition) is 1. The number of fused-ring (bicyclic) bond motifs is 2. The van der Waals surface area contributed by atoms with Gasteiger partial charge in [-0.3, -0.25) is 28.7 Å². The van der Waals surface area contributed by atoms with E-state index >= 15 is 0 Å². The maximum atomic E-state index is 14.2. The Bertz CT molecular complexity index is 2370. The molecule has 7 rings (SSSR count). The molecular weight excluding hydrogens is 803 g/mol. The van der Waals surface area contributed by atoms with Gasteiger partial charge in [0.2, 0.25) is 0 Å². The number of halogens is 9. The number of primary amides is 1. The molecule has 0 aliphatic carbocycles. The van der Waals surface area contributed by atoms with Crippen LogP contribution in [0.15, 0.2) is 54.7 Å². The van der Waals surface area contributed by atoms with Crippen LogP contribution in [-0.2, 0) is 77.4 Å². The Kier molecular flexibility index (Phi) is 13.1. The fourth-order valence-corrected chi connectivity index (χ4v) is 6.78. The van der Waals surface area contributed by atoms with Crippen molar-refractivity contribution in [1.29, 1.82) is 0 Å². The van der Waals surface area contributed by atoms with E-state index < -0.39 is 65.3 Å². The van der Waals surface area contributed by atoms with E-state index in [9.17, 15) is 53.9 Å². The predicted molar refractivity (Wildman–Crippen MR) is 189 cm³/mol.